The highest BCUT2D eigenvalue weighted by molar-refractivity contribution is 5.94. The molecule has 24 heavy (non-hydrogen) atoms. The number of fused-ring (bicyclic) bond motifs is 1. The monoisotopic (exact) mass is 327 g/mol. The molecule has 0 bridgehead atoms. The third-order valence-corrected chi connectivity index (χ3v) is 4.44. The van der Waals surface area contributed by atoms with Gasteiger partial charge in [-0.3, -0.25) is 4.79 Å². The van der Waals surface area contributed by atoms with Crippen molar-refractivity contribution in [2.24, 2.45) is 0 Å². The zero-order chi connectivity index (χ0) is 16.9. The van der Waals surface area contributed by atoms with Crippen molar-refractivity contribution in [1.82, 2.24) is 15.1 Å². The molecule has 1 aliphatic rings. The number of benzene rings is 1. The first-order valence-corrected chi connectivity index (χ1v) is 8.66. The van der Waals surface area contributed by atoms with E-state index in [1.54, 1.807) is 7.11 Å². The number of para-hydroxylation sites is 1. The molecule has 1 heterocycles. The summed E-state index contributed by atoms with van der Waals surface area (Å²) in [5, 5.41) is 7.67. The molecule has 0 saturated heterocycles. The van der Waals surface area contributed by atoms with Crippen LogP contribution in [0.1, 0.15) is 47.9 Å². The van der Waals surface area contributed by atoms with E-state index in [0.717, 1.165) is 36.9 Å². The van der Waals surface area contributed by atoms with Gasteiger partial charge in [0.1, 0.15) is 0 Å². The summed E-state index contributed by atoms with van der Waals surface area (Å²) in [5.74, 6) is -0.104. The summed E-state index contributed by atoms with van der Waals surface area (Å²) in [6, 6.07) is 10.0. The first-order chi connectivity index (χ1) is 11.7. The first kappa shape index (κ1) is 16.7. The van der Waals surface area contributed by atoms with Crippen molar-refractivity contribution < 1.29 is 9.53 Å². The number of hydrogen-bond acceptors (Lipinski definition) is 3. The van der Waals surface area contributed by atoms with E-state index < -0.39 is 0 Å². The number of carbonyl (C=O) groups excluding carboxylic acids is 1. The van der Waals surface area contributed by atoms with Gasteiger partial charge in [-0.05, 0) is 44.7 Å². The zero-order valence-corrected chi connectivity index (χ0v) is 14.4. The summed E-state index contributed by atoms with van der Waals surface area (Å²) in [7, 11) is 1.64. The minimum atomic E-state index is -0.104. The molecule has 1 N–H and O–H groups in total. The molecule has 0 spiro atoms. The number of nitrogens with one attached hydrogen (secondary N) is 1. The molecule has 0 radical (unpaired) electrons. The number of rotatable bonds is 5. The average Bonchev–Trinajstić information content (AvgIpc) is 2.77. The standard InChI is InChI=1S/C19H25N3O2/c1-14(13-24-2)20-19(23)18-16-11-7-4-8-12-17(16)22(21-18)15-9-5-3-6-10-15/h3,5-6,9-10,14H,4,7-8,11-13H2,1-2H3,(H,20,23)/t14-/m1/s1. The molecule has 0 saturated carbocycles. The molecule has 0 fully saturated rings. The van der Waals surface area contributed by atoms with E-state index >= 15 is 0 Å². The van der Waals surface area contributed by atoms with Gasteiger partial charge in [-0.15, -0.1) is 0 Å². The van der Waals surface area contributed by atoms with Crippen LogP contribution in [0.4, 0.5) is 0 Å². The van der Waals surface area contributed by atoms with Gasteiger partial charge in [0.15, 0.2) is 5.69 Å². The Bertz CT molecular complexity index is 694. The predicted octanol–water partition coefficient (Wildman–Crippen LogP) is 2.91. The zero-order valence-electron chi connectivity index (χ0n) is 14.4. The first-order valence-electron chi connectivity index (χ1n) is 8.66. The maximum absolute atomic E-state index is 12.7. The third kappa shape index (κ3) is 3.51. The lowest BCUT2D eigenvalue weighted by atomic mass is 10.1. The molecule has 5 heteroatoms. The van der Waals surface area contributed by atoms with E-state index in [1.165, 1.54) is 12.1 Å². The number of ether oxygens (including phenoxy) is 1. The number of methoxy groups -OCH3 is 1. The highest BCUT2D eigenvalue weighted by Crippen LogP contribution is 2.26. The Hall–Kier alpha value is -2.14. The van der Waals surface area contributed by atoms with Crippen LogP contribution in [0.5, 0.6) is 0 Å². The molecule has 2 aromatic rings. The molecule has 5 nitrogen and oxygen atoms in total. The van der Waals surface area contributed by atoms with Gasteiger partial charge in [-0.25, -0.2) is 4.68 Å². The SMILES string of the molecule is COC[C@@H](C)NC(=O)c1nn(-c2ccccc2)c2c1CCCCC2. The molecule has 1 aromatic carbocycles. The molecule has 3 rings (SSSR count). The van der Waals surface area contributed by atoms with Gasteiger partial charge in [0.25, 0.3) is 5.91 Å². The summed E-state index contributed by atoms with van der Waals surface area (Å²) in [4.78, 5) is 12.7. The smallest absolute Gasteiger partial charge is 0.272 e. The van der Waals surface area contributed by atoms with Crippen molar-refractivity contribution in [3.8, 4) is 5.69 Å². The minimum Gasteiger partial charge on any atom is -0.383 e. The molecule has 128 valence electrons. The molecule has 0 aliphatic heterocycles. The van der Waals surface area contributed by atoms with Gasteiger partial charge in [-0.2, -0.15) is 5.10 Å². The summed E-state index contributed by atoms with van der Waals surface area (Å²) >= 11 is 0. The fourth-order valence-electron chi connectivity index (χ4n) is 3.32. The molecule has 1 amide bonds. The normalized spacial score (nSPS) is 15.4. The molecular formula is C19H25N3O2. The molecule has 0 unspecified atom stereocenters. The van der Waals surface area contributed by atoms with E-state index in [1.807, 2.05) is 41.9 Å². The van der Waals surface area contributed by atoms with Gasteiger partial charge in [0.2, 0.25) is 0 Å². The largest absolute Gasteiger partial charge is 0.383 e. The molecular weight excluding hydrogens is 302 g/mol. The second-order valence-corrected chi connectivity index (χ2v) is 6.41. The Labute approximate surface area is 143 Å². The second-order valence-electron chi connectivity index (χ2n) is 6.41. The van der Waals surface area contributed by atoms with Crippen LogP contribution in [0, 0.1) is 0 Å². The second kappa shape index (κ2) is 7.62. The summed E-state index contributed by atoms with van der Waals surface area (Å²) in [6.07, 6.45) is 5.35. The van der Waals surface area contributed by atoms with Crippen molar-refractivity contribution in [2.75, 3.05) is 13.7 Å². The summed E-state index contributed by atoms with van der Waals surface area (Å²) in [6.45, 7) is 2.43. The molecule has 1 atom stereocenters. The number of hydrogen-bond donors (Lipinski definition) is 1. The maximum atomic E-state index is 12.7. The lowest BCUT2D eigenvalue weighted by Crippen LogP contribution is -2.36. The Balaban J connectivity index is 1.97. The Morgan fingerprint density at radius 2 is 2.00 bits per heavy atom. The number of carbonyl (C=O) groups is 1. The van der Waals surface area contributed by atoms with Crippen molar-refractivity contribution in [1.29, 1.82) is 0 Å². The molecule has 1 aliphatic carbocycles. The van der Waals surface area contributed by atoms with Crippen LogP contribution in [0.2, 0.25) is 0 Å². The number of aromatic nitrogens is 2. The van der Waals surface area contributed by atoms with Gasteiger partial charge in [-0.1, -0.05) is 24.6 Å². The average molecular weight is 327 g/mol. The van der Waals surface area contributed by atoms with Crippen LogP contribution in [-0.2, 0) is 17.6 Å². The van der Waals surface area contributed by atoms with Crippen LogP contribution in [0.25, 0.3) is 5.69 Å². The number of amides is 1. The van der Waals surface area contributed by atoms with Crippen molar-refractivity contribution in [3.63, 3.8) is 0 Å². The van der Waals surface area contributed by atoms with Crippen molar-refractivity contribution in [3.05, 3.63) is 47.3 Å². The van der Waals surface area contributed by atoms with Crippen molar-refractivity contribution in [2.45, 2.75) is 45.1 Å². The van der Waals surface area contributed by atoms with Gasteiger partial charge >= 0.3 is 0 Å². The lowest BCUT2D eigenvalue weighted by Gasteiger charge is -2.12. The van der Waals surface area contributed by atoms with Crippen LogP contribution in [0.15, 0.2) is 30.3 Å². The summed E-state index contributed by atoms with van der Waals surface area (Å²) in [5.41, 5.74) is 3.88. The van der Waals surface area contributed by atoms with E-state index in [4.69, 9.17) is 4.74 Å². The van der Waals surface area contributed by atoms with E-state index in [0.29, 0.717) is 12.3 Å². The van der Waals surface area contributed by atoms with Gasteiger partial charge in [0, 0.05) is 24.4 Å². The minimum absolute atomic E-state index is 0.0363. The quantitative estimate of drug-likeness (QED) is 0.859. The highest BCUT2D eigenvalue weighted by atomic mass is 16.5. The molecule has 1 aromatic heterocycles. The third-order valence-electron chi connectivity index (χ3n) is 4.44. The van der Waals surface area contributed by atoms with Gasteiger partial charge < -0.3 is 10.1 Å². The van der Waals surface area contributed by atoms with Crippen LogP contribution in [-0.4, -0.2) is 35.4 Å². The van der Waals surface area contributed by atoms with Crippen LogP contribution in [0.3, 0.4) is 0 Å². The lowest BCUT2D eigenvalue weighted by molar-refractivity contribution is 0.0899. The number of nitrogens with zero attached hydrogens (tertiary/aromatic N) is 2. The predicted molar refractivity (Wildman–Crippen MR) is 93.6 cm³/mol. The van der Waals surface area contributed by atoms with Crippen molar-refractivity contribution >= 4 is 5.91 Å². The Kier molecular flexibility index (Phi) is 5.30. The maximum Gasteiger partial charge on any atom is 0.272 e. The van der Waals surface area contributed by atoms with E-state index in [9.17, 15) is 4.79 Å². The fourth-order valence-corrected chi connectivity index (χ4v) is 3.32. The van der Waals surface area contributed by atoms with Crippen LogP contribution < -0.4 is 5.32 Å². The fraction of sp³-hybridized carbons (Fsp3) is 0.474. The Morgan fingerprint density at radius 1 is 1.25 bits per heavy atom. The topological polar surface area (TPSA) is 56.1 Å². The Morgan fingerprint density at radius 3 is 2.75 bits per heavy atom. The van der Waals surface area contributed by atoms with Gasteiger partial charge in [0.05, 0.1) is 12.3 Å². The highest BCUT2D eigenvalue weighted by Gasteiger charge is 2.25. The van der Waals surface area contributed by atoms with E-state index in [-0.39, 0.29) is 11.9 Å². The van der Waals surface area contributed by atoms with Crippen LogP contribution >= 0.6 is 0 Å². The van der Waals surface area contributed by atoms with E-state index in [2.05, 4.69) is 10.4 Å². The summed E-state index contributed by atoms with van der Waals surface area (Å²) < 4.78 is 7.06.